The number of carbonyl (C=O) groups is 2. The Bertz CT molecular complexity index is 1140. The average molecular weight is 476 g/mol. The monoisotopic (exact) mass is 475 g/mol. The van der Waals surface area contributed by atoms with Crippen LogP contribution in [0.3, 0.4) is 0 Å². The number of benzene rings is 3. The van der Waals surface area contributed by atoms with E-state index in [1.165, 1.54) is 4.90 Å². The highest BCUT2D eigenvalue weighted by atomic mass is 16.6. The van der Waals surface area contributed by atoms with Gasteiger partial charge in [-0.1, -0.05) is 66.7 Å². The second-order valence-corrected chi connectivity index (χ2v) is 9.07. The topological polar surface area (TPSA) is 65.1 Å². The molecule has 35 heavy (non-hydrogen) atoms. The fourth-order valence-corrected chi connectivity index (χ4v) is 3.61. The number of hydrogen-bond acceptors (Lipinski definition) is 5. The van der Waals surface area contributed by atoms with E-state index in [0.29, 0.717) is 18.0 Å². The van der Waals surface area contributed by atoms with Gasteiger partial charge >= 0.3 is 12.1 Å². The van der Waals surface area contributed by atoms with Crippen molar-refractivity contribution in [1.29, 1.82) is 0 Å². The minimum atomic E-state index is -0.900. The molecule has 0 N–H and O–H groups in total. The number of amides is 1. The maximum Gasteiger partial charge on any atom is 0.415 e. The minimum absolute atomic E-state index is 0.211. The zero-order valence-corrected chi connectivity index (χ0v) is 21.0. The molecule has 3 aromatic carbocycles. The Hall–Kier alpha value is -3.80. The summed E-state index contributed by atoms with van der Waals surface area (Å²) in [6.45, 7) is 9.34. The lowest BCUT2D eigenvalue weighted by atomic mass is 10.0. The largest absolute Gasteiger partial charge is 0.488 e. The number of esters is 1. The maximum atomic E-state index is 13.4. The number of nitrogens with zero attached hydrogens (tertiary/aromatic N) is 1. The van der Waals surface area contributed by atoms with Gasteiger partial charge in [-0.3, -0.25) is 4.90 Å². The van der Waals surface area contributed by atoms with Crippen molar-refractivity contribution in [3.05, 3.63) is 84.4 Å². The van der Waals surface area contributed by atoms with Crippen molar-refractivity contribution in [2.45, 2.75) is 52.9 Å². The second kappa shape index (κ2) is 11.6. The highest BCUT2D eigenvalue weighted by molar-refractivity contribution is 6.00. The average Bonchev–Trinajstić information content (AvgIpc) is 2.83. The van der Waals surface area contributed by atoms with Crippen LogP contribution in [-0.4, -0.2) is 30.3 Å². The molecule has 184 valence electrons. The molecule has 6 nitrogen and oxygen atoms in total. The van der Waals surface area contributed by atoms with Gasteiger partial charge in [-0.2, -0.15) is 0 Å². The smallest absolute Gasteiger partial charge is 0.415 e. The van der Waals surface area contributed by atoms with Gasteiger partial charge in [-0.15, -0.1) is 0 Å². The van der Waals surface area contributed by atoms with Crippen LogP contribution in [0.1, 0.15) is 40.2 Å². The summed E-state index contributed by atoms with van der Waals surface area (Å²) in [4.78, 5) is 27.4. The minimum Gasteiger partial charge on any atom is -0.488 e. The molecule has 0 saturated heterocycles. The van der Waals surface area contributed by atoms with Gasteiger partial charge in [0.1, 0.15) is 24.0 Å². The summed E-state index contributed by atoms with van der Waals surface area (Å²) in [5.41, 5.74) is 2.36. The molecule has 0 aliphatic rings. The van der Waals surface area contributed by atoms with Gasteiger partial charge < -0.3 is 14.2 Å². The molecule has 0 spiro atoms. The van der Waals surface area contributed by atoms with E-state index in [2.05, 4.69) is 0 Å². The standard InChI is InChI=1S/C29H33NO5/c1-6-33-27(31)21(2)30(28(32)35-29(3,4)5)25-18-12-10-16-23(25)24-17-11-13-19-26(24)34-20-22-14-8-7-9-15-22/h7-19,21H,6,20H2,1-5H3/t21-/m0/s1. The lowest BCUT2D eigenvalue weighted by Gasteiger charge is -2.32. The van der Waals surface area contributed by atoms with E-state index in [-0.39, 0.29) is 6.61 Å². The summed E-state index contributed by atoms with van der Waals surface area (Å²) < 4.78 is 17.1. The molecule has 0 aliphatic heterocycles. The first-order valence-corrected chi connectivity index (χ1v) is 11.7. The molecule has 0 aliphatic carbocycles. The Labute approximate surface area is 207 Å². The fourth-order valence-electron chi connectivity index (χ4n) is 3.61. The van der Waals surface area contributed by atoms with E-state index in [9.17, 15) is 9.59 Å². The normalized spacial score (nSPS) is 11.9. The van der Waals surface area contributed by atoms with Crippen LogP contribution in [0.15, 0.2) is 78.9 Å². The first-order valence-electron chi connectivity index (χ1n) is 11.7. The molecule has 0 saturated carbocycles. The first-order chi connectivity index (χ1) is 16.7. The van der Waals surface area contributed by atoms with E-state index < -0.39 is 23.7 Å². The molecule has 1 amide bonds. The molecule has 3 aromatic rings. The molecule has 0 bridgehead atoms. The summed E-state index contributed by atoms with van der Waals surface area (Å²) in [5.74, 6) is 0.151. The Balaban J connectivity index is 2.05. The Kier molecular flexibility index (Phi) is 8.53. The van der Waals surface area contributed by atoms with Gasteiger partial charge in [0.05, 0.1) is 12.3 Å². The van der Waals surface area contributed by atoms with Gasteiger partial charge in [0.25, 0.3) is 0 Å². The van der Waals surface area contributed by atoms with Crippen LogP contribution in [0, 0.1) is 0 Å². The molecule has 0 unspecified atom stereocenters. The van der Waals surface area contributed by atoms with Gasteiger partial charge in [0.2, 0.25) is 0 Å². The van der Waals surface area contributed by atoms with E-state index in [1.54, 1.807) is 40.7 Å². The van der Waals surface area contributed by atoms with Crippen molar-refractivity contribution in [3.8, 4) is 16.9 Å². The summed E-state index contributed by atoms with van der Waals surface area (Å²) >= 11 is 0. The SMILES string of the molecule is CCOC(=O)[C@H](C)N(C(=O)OC(C)(C)C)c1ccccc1-c1ccccc1OCc1ccccc1. The number of rotatable bonds is 8. The quantitative estimate of drug-likeness (QED) is 0.342. The van der Waals surface area contributed by atoms with E-state index in [4.69, 9.17) is 14.2 Å². The van der Waals surface area contributed by atoms with Crippen LogP contribution in [0.2, 0.25) is 0 Å². The fraction of sp³-hybridized carbons (Fsp3) is 0.310. The Morgan fingerprint density at radius 1 is 0.857 bits per heavy atom. The van der Waals surface area contributed by atoms with Gasteiger partial charge in [0, 0.05) is 11.1 Å². The third-order valence-corrected chi connectivity index (χ3v) is 5.18. The van der Waals surface area contributed by atoms with Crippen molar-refractivity contribution in [2.75, 3.05) is 11.5 Å². The third-order valence-electron chi connectivity index (χ3n) is 5.18. The van der Waals surface area contributed by atoms with Crippen LogP contribution in [0.25, 0.3) is 11.1 Å². The number of hydrogen-bond donors (Lipinski definition) is 0. The summed E-state index contributed by atoms with van der Waals surface area (Å²) in [7, 11) is 0. The molecule has 0 aromatic heterocycles. The van der Waals surface area contributed by atoms with E-state index in [1.807, 2.05) is 72.8 Å². The van der Waals surface area contributed by atoms with Crippen LogP contribution in [-0.2, 0) is 20.9 Å². The molecule has 3 rings (SSSR count). The van der Waals surface area contributed by atoms with Crippen molar-refractivity contribution in [1.82, 2.24) is 0 Å². The predicted octanol–water partition coefficient (Wildman–Crippen LogP) is 6.63. The number of para-hydroxylation sites is 2. The molecule has 0 radical (unpaired) electrons. The van der Waals surface area contributed by atoms with Crippen molar-refractivity contribution in [2.24, 2.45) is 0 Å². The first kappa shape index (κ1) is 25.8. The predicted molar refractivity (Wildman–Crippen MR) is 137 cm³/mol. The van der Waals surface area contributed by atoms with Crippen molar-refractivity contribution < 1.29 is 23.8 Å². The van der Waals surface area contributed by atoms with Gasteiger partial charge in [-0.25, -0.2) is 9.59 Å². The maximum absolute atomic E-state index is 13.4. The van der Waals surface area contributed by atoms with Gasteiger partial charge in [0.15, 0.2) is 0 Å². The molecular formula is C29H33NO5. The molecule has 6 heteroatoms. The lowest BCUT2D eigenvalue weighted by Crippen LogP contribution is -2.47. The lowest BCUT2D eigenvalue weighted by molar-refractivity contribution is -0.144. The zero-order valence-electron chi connectivity index (χ0n) is 21.0. The number of ether oxygens (including phenoxy) is 3. The van der Waals surface area contributed by atoms with Crippen molar-refractivity contribution in [3.63, 3.8) is 0 Å². The Morgan fingerprint density at radius 3 is 2.11 bits per heavy atom. The van der Waals surface area contributed by atoms with Crippen LogP contribution < -0.4 is 9.64 Å². The summed E-state index contributed by atoms with van der Waals surface area (Å²) in [5, 5.41) is 0. The molecule has 0 heterocycles. The second-order valence-electron chi connectivity index (χ2n) is 9.07. The zero-order chi connectivity index (χ0) is 25.4. The van der Waals surface area contributed by atoms with Crippen LogP contribution >= 0.6 is 0 Å². The molecular weight excluding hydrogens is 442 g/mol. The van der Waals surface area contributed by atoms with E-state index in [0.717, 1.165) is 16.7 Å². The van der Waals surface area contributed by atoms with Crippen molar-refractivity contribution >= 4 is 17.7 Å². The van der Waals surface area contributed by atoms with Crippen LogP contribution in [0.5, 0.6) is 5.75 Å². The summed E-state index contributed by atoms with van der Waals surface area (Å²) in [6, 6.07) is 24.0. The number of anilines is 1. The molecule has 0 fully saturated rings. The van der Waals surface area contributed by atoms with Crippen LogP contribution in [0.4, 0.5) is 10.5 Å². The van der Waals surface area contributed by atoms with E-state index >= 15 is 0 Å². The highest BCUT2D eigenvalue weighted by Gasteiger charge is 2.34. The number of carbonyl (C=O) groups excluding carboxylic acids is 2. The highest BCUT2D eigenvalue weighted by Crippen LogP contribution is 2.38. The molecule has 1 atom stereocenters. The summed E-state index contributed by atoms with van der Waals surface area (Å²) in [6.07, 6.45) is -0.631. The van der Waals surface area contributed by atoms with Gasteiger partial charge in [-0.05, 0) is 52.3 Å². The third kappa shape index (κ3) is 6.85. The Morgan fingerprint density at radius 2 is 1.46 bits per heavy atom.